The topological polar surface area (TPSA) is 66.5 Å². The van der Waals surface area contributed by atoms with Gasteiger partial charge in [-0.25, -0.2) is 8.42 Å². The van der Waals surface area contributed by atoms with Gasteiger partial charge in [-0.3, -0.25) is 9.10 Å². The lowest BCUT2D eigenvalue weighted by Gasteiger charge is -2.27. The van der Waals surface area contributed by atoms with Gasteiger partial charge in [0.2, 0.25) is 10.0 Å². The van der Waals surface area contributed by atoms with E-state index >= 15 is 0 Å². The van der Waals surface area contributed by atoms with Gasteiger partial charge >= 0.3 is 0 Å². The third kappa shape index (κ3) is 3.50. The van der Waals surface area contributed by atoms with Gasteiger partial charge in [0.25, 0.3) is 5.91 Å². The zero-order valence-corrected chi connectivity index (χ0v) is 14.3. The number of carbonyl (C=O) groups is 1. The van der Waals surface area contributed by atoms with Crippen LogP contribution in [0.1, 0.15) is 43.5 Å². The van der Waals surface area contributed by atoms with Crippen molar-refractivity contribution in [1.29, 1.82) is 0 Å². The Hall–Kier alpha value is -2.00. The molecule has 0 unspecified atom stereocenters. The Balaban J connectivity index is 2.17. The fourth-order valence-corrected chi connectivity index (χ4v) is 4.23. The van der Waals surface area contributed by atoms with Crippen molar-refractivity contribution < 1.29 is 13.2 Å². The zero-order valence-electron chi connectivity index (χ0n) is 13.5. The van der Waals surface area contributed by atoms with Crippen LogP contribution in [0.4, 0.5) is 5.69 Å². The molecular weight excluding hydrogens is 312 g/mol. The molecule has 0 spiro atoms. The molecule has 1 aromatic carbocycles. The molecule has 0 atom stereocenters. The van der Waals surface area contributed by atoms with Gasteiger partial charge in [-0.15, -0.1) is 6.42 Å². The maximum absolute atomic E-state index is 12.4. The highest BCUT2D eigenvalue weighted by Crippen LogP contribution is 2.24. The van der Waals surface area contributed by atoms with E-state index in [1.54, 1.807) is 24.3 Å². The maximum atomic E-state index is 12.4. The van der Waals surface area contributed by atoms with Crippen molar-refractivity contribution in [3.8, 4) is 12.3 Å². The first-order chi connectivity index (χ1) is 10.9. The van der Waals surface area contributed by atoms with Crippen LogP contribution < -0.4 is 9.62 Å². The van der Waals surface area contributed by atoms with E-state index in [-0.39, 0.29) is 11.7 Å². The minimum atomic E-state index is -3.21. The Kier molecular flexibility index (Phi) is 5.00. The first-order valence-electron chi connectivity index (χ1n) is 7.78. The first kappa shape index (κ1) is 17.4. The minimum Gasteiger partial charge on any atom is -0.336 e. The third-order valence-corrected chi connectivity index (χ3v) is 6.22. The molecule has 1 N–H and O–H groups in total. The fraction of sp³-hybridized carbons (Fsp3) is 0.471. The highest BCUT2D eigenvalue weighted by Gasteiger charge is 2.29. The van der Waals surface area contributed by atoms with Crippen LogP contribution in [0.3, 0.4) is 0 Å². The van der Waals surface area contributed by atoms with E-state index < -0.39 is 15.6 Å². The average Bonchev–Trinajstić information content (AvgIpc) is 2.92. The molecule has 1 fully saturated rings. The molecule has 6 heteroatoms. The number of hydrogen-bond acceptors (Lipinski definition) is 3. The van der Waals surface area contributed by atoms with E-state index in [4.69, 9.17) is 6.42 Å². The van der Waals surface area contributed by atoms with Gasteiger partial charge in [-0.2, -0.15) is 0 Å². The van der Waals surface area contributed by atoms with Crippen molar-refractivity contribution in [3.63, 3.8) is 0 Å². The van der Waals surface area contributed by atoms with Gasteiger partial charge in [0.1, 0.15) is 5.54 Å². The average molecular weight is 334 g/mol. The largest absolute Gasteiger partial charge is 0.336 e. The normalized spacial score (nSPS) is 16.8. The van der Waals surface area contributed by atoms with Gasteiger partial charge in [0, 0.05) is 12.1 Å². The molecule has 1 amide bonds. The number of rotatable bonds is 5. The molecule has 0 aliphatic carbocycles. The molecular formula is C17H22N2O3S. The summed E-state index contributed by atoms with van der Waals surface area (Å²) in [6.07, 6.45) is 7.48. The van der Waals surface area contributed by atoms with Crippen LogP contribution in [0, 0.1) is 12.3 Å². The number of hydrogen-bond donors (Lipinski definition) is 1. The van der Waals surface area contributed by atoms with Crippen molar-refractivity contribution in [1.82, 2.24) is 5.32 Å². The molecule has 124 valence electrons. The second-order valence-corrected chi connectivity index (χ2v) is 7.69. The lowest BCUT2D eigenvalue weighted by atomic mass is 9.93. The molecule has 1 aliphatic rings. The van der Waals surface area contributed by atoms with E-state index in [1.807, 2.05) is 13.8 Å². The monoisotopic (exact) mass is 334 g/mol. The highest BCUT2D eigenvalue weighted by molar-refractivity contribution is 7.93. The van der Waals surface area contributed by atoms with Gasteiger partial charge in [-0.05, 0) is 43.5 Å². The maximum Gasteiger partial charge on any atom is 0.252 e. The van der Waals surface area contributed by atoms with Crippen LogP contribution >= 0.6 is 0 Å². The first-order valence-corrected chi connectivity index (χ1v) is 9.39. The predicted molar refractivity (Wildman–Crippen MR) is 91.8 cm³/mol. The number of amides is 1. The molecule has 0 radical (unpaired) electrons. The molecule has 0 saturated carbocycles. The number of anilines is 1. The summed E-state index contributed by atoms with van der Waals surface area (Å²) in [7, 11) is -3.21. The van der Waals surface area contributed by atoms with Crippen molar-refractivity contribution in [2.45, 2.75) is 38.6 Å². The lowest BCUT2D eigenvalue weighted by molar-refractivity contribution is 0.0916. The summed E-state index contributed by atoms with van der Waals surface area (Å²) < 4.78 is 25.2. The van der Waals surface area contributed by atoms with Crippen molar-refractivity contribution in [3.05, 3.63) is 29.8 Å². The van der Waals surface area contributed by atoms with Crippen LogP contribution in [0.5, 0.6) is 0 Å². The number of carbonyl (C=O) groups excluding carboxylic acids is 1. The van der Waals surface area contributed by atoms with Gasteiger partial charge < -0.3 is 5.32 Å². The second kappa shape index (κ2) is 6.63. The van der Waals surface area contributed by atoms with Crippen molar-refractivity contribution >= 4 is 21.6 Å². The fourth-order valence-electron chi connectivity index (χ4n) is 2.67. The quantitative estimate of drug-likeness (QED) is 0.839. The number of sulfonamides is 1. The molecule has 1 aliphatic heterocycles. The Morgan fingerprint density at radius 1 is 1.30 bits per heavy atom. The van der Waals surface area contributed by atoms with Gasteiger partial charge in [0.15, 0.2) is 0 Å². The lowest BCUT2D eigenvalue weighted by Crippen LogP contribution is -2.46. The Bertz CT molecular complexity index is 713. The molecule has 2 rings (SSSR count). The molecule has 5 nitrogen and oxygen atoms in total. The SMILES string of the molecule is C#CC(CC)(CC)NC(=O)c1ccc(N2CCCS2(=O)=O)cc1. The molecule has 23 heavy (non-hydrogen) atoms. The van der Waals surface area contributed by atoms with E-state index in [1.165, 1.54) is 4.31 Å². The second-order valence-electron chi connectivity index (χ2n) is 5.68. The highest BCUT2D eigenvalue weighted by atomic mass is 32.2. The molecule has 0 bridgehead atoms. The summed E-state index contributed by atoms with van der Waals surface area (Å²) in [5.74, 6) is 2.59. The van der Waals surface area contributed by atoms with E-state index in [9.17, 15) is 13.2 Å². The van der Waals surface area contributed by atoms with E-state index in [0.717, 1.165) is 0 Å². The molecule has 1 aromatic rings. The summed E-state index contributed by atoms with van der Waals surface area (Å²) in [6.45, 7) is 4.36. The van der Waals surface area contributed by atoms with Crippen LogP contribution in [-0.2, 0) is 10.0 Å². The Labute approximate surface area is 138 Å². The minimum absolute atomic E-state index is 0.174. The van der Waals surface area contributed by atoms with Gasteiger partial charge in [-0.1, -0.05) is 19.8 Å². The van der Waals surface area contributed by atoms with Crippen molar-refractivity contribution in [2.24, 2.45) is 0 Å². The molecule has 1 saturated heterocycles. The van der Waals surface area contributed by atoms with Crippen LogP contribution in [0.2, 0.25) is 0 Å². The number of nitrogens with zero attached hydrogens (tertiary/aromatic N) is 1. The van der Waals surface area contributed by atoms with Crippen molar-refractivity contribution in [2.75, 3.05) is 16.6 Å². The molecule has 0 aromatic heterocycles. The number of nitrogens with one attached hydrogen (secondary N) is 1. The smallest absolute Gasteiger partial charge is 0.252 e. The summed E-state index contributed by atoms with van der Waals surface area (Å²) in [6, 6.07) is 6.58. The standard InChI is InChI=1S/C17H22N2O3S/c1-4-17(5-2,6-3)18-16(20)14-8-10-15(11-9-14)19-12-7-13-23(19,21)22/h1,8-11H,5-7,12-13H2,2-3H3,(H,18,20). The predicted octanol–water partition coefficient (Wildman–Crippen LogP) is 2.15. The van der Waals surface area contributed by atoms with Crippen LogP contribution in [-0.4, -0.2) is 32.2 Å². The van der Waals surface area contributed by atoms with Crippen LogP contribution in [0.15, 0.2) is 24.3 Å². The summed E-state index contributed by atoms with van der Waals surface area (Å²) in [5, 5.41) is 2.89. The number of terminal acetylenes is 1. The number of benzene rings is 1. The Morgan fingerprint density at radius 2 is 1.91 bits per heavy atom. The van der Waals surface area contributed by atoms with Gasteiger partial charge in [0.05, 0.1) is 11.4 Å². The third-order valence-electron chi connectivity index (χ3n) is 4.35. The summed E-state index contributed by atoms with van der Waals surface area (Å²) in [5.41, 5.74) is 0.411. The summed E-state index contributed by atoms with van der Waals surface area (Å²) >= 11 is 0. The zero-order chi connectivity index (χ0) is 17.1. The van der Waals surface area contributed by atoms with E-state index in [2.05, 4.69) is 11.2 Å². The molecule has 1 heterocycles. The Morgan fingerprint density at radius 3 is 2.35 bits per heavy atom. The van der Waals surface area contributed by atoms with Crippen LogP contribution in [0.25, 0.3) is 0 Å². The van der Waals surface area contributed by atoms with E-state index in [0.29, 0.717) is 37.1 Å². The summed E-state index contributed by atoms with van der Waals surface area (Å²) in [4.78, 5) is 12.4.